The van der Waals surface area contributed by atoms with E-state index in [1.165, 1.54) is 24.3 Å². The van der Waals surface area contributed by atoms with Crippen LogP contribution in [-0.2, 0) is 14.8 Å². The minimum atomic E-state index is -3.73. The molecule has 0 radical (unpaired) electrons. The number of nitrogens with zero attached hydrogens (tertiary/aromatic N) is 2. The van der Waals surface area contributed by atoms with E-state index < -0.39 is 22.2 Å². The number of sulfonamides is 1. The average molecular weight is 373 g/mol. The molecule has 8 heteroatoms. The highest BCUT2D eigenvalue weighted by Crippen LogP contribution is 2.19. The van der Waals surface area contributed by atoms with Gasteiger partial charge in [-0.1, -0.05) is 0 Å². The number of rotatable bonds is 5. The van der Waals surface area contributed by atoms with Crippen LogP contribution in [0.2, 0.25) is 0 Å². The number of hydrogen-bond acceptors (Lipinski definition) is 6. The average Bonchev–Trinajstić information content (AvgIpc) is 2.65. The summed E-state index contributed by atoms with van der Waals surface area (Å²) >= 11 is 0. The van der Waals surface area contributed by atoms with Crippen molar-refractivity contribution in [1.82, 2.24) is 9.71 Å². The van der Waals surface area contributed by atoms with Crippen molar-refractivity contribution < 1.29 is 17.9 Å². The predicted octanol–water partition coefficient (Wildman–Crippen LogP) is 1.78. The molecule has 2 atom stereocenters. The predicted molar refractivity (Wildman–Crippen MR) is 94.1 cm³/mol. The molecule has 2 heterocycles. The van der Waals surface area contributed by atoms with Gasteiger partial charge in [0.05, 0.1) is 35.4 Å². The highest BCUT2D eigenvalue weighted by Gasteiger charge is 2.31. The van der Waals surface area contributed by atoms with Gasteiger partial charge in [0.15, 0.2) is 0 Å². The minimum absolute atomic E-state index is 0.110. The standard InChI is InChI=1S/C18H19N3O4S/c1-13-2-5-15(11-20-13)25-18-12-24-9-8-17(18)21-26(22,23)16-6-3-14(10-19)4-7-16/h2-7,11,17-18,21H,8-9,12H2,1H3/t17-,18+/m0/s1. The van der Waals surface area contributed by atoms with Crippen LogP contribution in [0.1, 0.15) is 17.7 Å². The third-order valence-corrected chi connectivity index (χ3v) is 5.58. The Balaban J connectivity index is 1.74. The molecular formula is C18H19N3O4S. The van der Waals surface area contributed by atoms with E-state index in [1.54, 1.807) is 12.3 Å². The number of ether oxygens (including phenoxy) is 2. The smallest absolute Gasteiger partial charge is 0.240 e. The van der Waals surface area contributed by atoms with Crippen LogP contribution in [0, 0.1) is 18.3 Å². The first-order chi connectivity index (χ1) is 12.5. The van der Waals surface area contributed by atoms with E-state index in [9.17, 15) is 8.42 Å². The Morgan fingerprint density at radius 2 is 2.04 bits per heavy atom. The van der Waals surface area contributed by atoms with Gasteiger partial charge in [0.1, 0.15) is 11.9 Å². The summed E-state index contributed by atoms with van der Waals surface area (Å²) in [5.41, 5.74) is 1.28. The molecule has 1 aliphatic rings. The molecule has 7 nitrogen and oxygen atoms in total. The molecule has 1 aromatic carbocycles. The molecule has 26 heavy (non-hydrogen) atoms. The van der Waals surface area contributed by atoms with Gasteiger partial charge in [0.2, 0.25) is 10.0 Å². The van der Waals surface area contributed by atoms with Crippen molar-refractivity contribution in [3.8, 4) is 11.8 Å². The molecule has 0 amide bonds. The van der Waals surface area contributed by atoms with Crippen LogP contribution in [0.4, 0.5) is 0 Å². The van der Waals surface area contributed by atoms with E-state index in [0.717, 1.165) is 5.69 Å². The fourth-order valence-electron chi connectivity index (χ4n) is 2.64. The molecule has 0 aliphatic carbocycles. The Hall–Kier alpha value is -2.47. The summed E-state index contributed by atoms with van der Waals surface area (Å²) in [6.07, 6.45) is 1.65. The van der Waals surface area contributed by atoms with Gasteiger partial charge in [0.25, 0.3) is 0 Å². The lowest BCUT2D eigenvalue weighted by Crippen LogP contribution is -2.51. The molecular weight excluding hydrogens is 354 g/mol. The Morgan fingerprint density at radius 3 is 2.69 bits per heavy atom. The van der Waals surface area contributed by atoms with Gasteiger partial charge in [-0.2, -0.15) is 5.26 Å². The van der Waals surface area contributed by atoms with E-state index in [-0.39, 0.29) is 11.5 Å². The van der Waals surface area contributed by atoms with Crippen LogP contribution in [0.25, 0.3) is 0 Å². The lowest BCUT2D eigenvalue weighted by molar-refractivity contribution is -0.00941. The Bertz CT molecular complexity index is 890. The van der Waals surface area contributed by atoms with E-state index >= 15 is 0 Å². The second-order valence-corrected chi connectivity index (χ2v) is 7.73. The maximum atomic E-state index is 12.6. The van der Waals surface area contributed by atoms with Gasteiger partial charge in [-0.3, -0.25) is 4.98 Å². The largest absolute Gasteiger partial charge is 0.485 e. The molecule has 0 spiro atoms. The topological polar surface area (TPSA) is 101 Å². The SMILES string of the molecule is Cc1ccc(O[C@@H]2COCC[C@@H]2NS(=O)(=O)c2ccc(C#N)cc2)cn1. The zero-order chi connectivity index (χ0) is 18.6. The maximum absolute atomic E-state index is 12.6. The van der Waals surface area contributed by atoms with E-state index in [1.807, 2.05) is 19.1 Å². The molecule has 1 aromatic heterocycles. The molecule has 1 aliphatic heterocycles. The summed E-state index contributed by atoms with van der Waals surface area (Å²) in [6, 6.07) is 11.0. The zero-order valence-electron chi connectivity index (χ0n) is 14.3. The van der Waals surface area contributed by atoms with Crippen molar-refractivity contribution in [3.05, 3.63) is 53.9 Å². The van der Waals surface area contributed by atoms with Crippen LogP contribution >= 0.6 is 0 Å². The molecule has 2 aromatic rings. The first-order valence-corrected chi connectivity index (χ1v) is 9.66. The molecule has 136 valence electrons. The lowest BCUT2D eigenvalue weighted by atomic mass is 10.1. The van der Waals surface area contributed by atoms with Crippen molar-refractivity contribution in [2.75, 3.05) is 13.2 Å². The number of nitrogens with one attached hydrogen (secondary N) is 1. The van der Waals surface area contributed by atoms with Crippen molar-refractivity contribution in [1.29, 1.82) is 5.26 Å². The van der Waals surface area contributed by atoms with Gasteiger partial charge in [-0.15, -0.1) is 0 Å². The molecule has 0 bridgehead atoms. The summed E-state index contributed by atoms with van der Waals surface area (Å²) in [5.74, 6) is 0.564. The number of hydrogen-bond donors (Lipinski definition) is 1. The lowest BCUT2D eigenvalue weighted by Gasteiger charge is -2.32. The van der Waals surface area contributed by atoms with Crippen molar-refractivity contribution in [2.24, 2.45) is 0 Å². The first-order valence-electron chi connectivity index (χ1n) is 8.17. The van der Waals surface area contributed by atoms with Gasteiger partial charge in [-0.25, -0.2) is 13.1 Å². The summed E-state index contributed by atoms with van der Waals surface area (Å²) in [7, 11) is -3.73. The van der Waals surface area contributed by atoms with Gasteiger partial charge >= 0.3 is 0 Å². The fourth-order valence-corrected chi connectivity index (χ4v) is 3.94. The highest BCUT2D eigenvalue weighted by molar-refractivity contribution is 7.89. The van der Waals surface area contributed by atoms with Crippen molar-refractivity contribution in [2.45, 2.75) is 30.4 Å². The van der Waals surface area contributed by atoms with Crippen molar-refractivity contribution in [3.63, 3.8) is 0 Å². The number of aromatic nitrogens is 1. The quantitative estimate of drug-likeness (QED) is 0.857. The van der Waals surface area contributed by atoms with E-state index in [4.69, 9.17) is 14.7 Å². The van der Waals surface area contributed by atoms with E-state index in [2.05, 4.69) is 9.71 Å². The molecule has 3 rings (SSSR count). The van der Waals surface area contributed by atoms with Gasteiger partial charge in [-0.05, 0) is 49.7 Å². The van der Waals surface area contributed by atoms with E-state index in [0.29, 0.717) is 24.3 Å². The van der Waals surface area contributed by atoms with Crippen LogP contribution in [0.15, 0.2) is 47.5 Å². The molecule has 0 saturated carbocycles. The number of pyridine rings is 1. The normalized spacial score (nSPS) is 20.3. The third-order valence-electron chi connectivity index (χ3n) is 4.08. The van der Waals surface area contributed by atoms with Crippen molar-refractivity contribution >= 4 is 10.0 Å². The Labute approximate surface area is 152 Å². The summed E-state index contributed by atoms with van der Waals surface area (Å²) in [4.78, 5) is 4.29. The fraction of sp³-hybridized carbons (Fsp3) is 0.333. The monoisotopic (exact) mass is 373 g/mol. The molecule has 0 unspecified atom stereocenters. The van der Waals surface area contributed by atoms with Crippen LogP contribution in [0.5, 0.6) is 5.75 Å². The Morgan fingerprint density at radius 1 is 1.27 bits per heavy atom. The maximum Gasteiger partial charge on any atom is 0.240 e. The molecule has 1 saturated heterocycles. The number of aryl methyl sites for hydroxylation is 1. The minimum Gasteiger partial charge on any atom is -0.485 e. The second-order valence-electron chi connectivity index (χ2n) is 6.02. The third kappa shape index (κ3) is 4.38. The van der Waals surface area contributed by atoms with Crippen LogP contribution in [-0.4, -0.2) is 38.8 Å². The number of benzene rings is 1. The van der Waals surface area contributed by atoms with Gasteiger partial charge in [0, 0.05) is 12.3 Å². The van der Waals surface area contributed by atoms with Gasteiger partial charge < -0.3 is 9.47 Å². The molecule has 1 fully saturated rings. The zero-order valence-corrected chi connectivity index (χ0v) is 15.1. The van der Waals surface area contributed by atoms with Crippen LogP contribution in [0.3, 0.4) is 0 Å². The molecule has 1 N–H and O–H groups in total. The highest BCUT2D eigenvalue weighted by atomic mass is 32.2. The first kappa shape index (κ1) is 18.3. The van der Waals surface area contributed by atoms with Crippen LogP contribution < -0.4 is 9.46 Å². The second kappa shape index (κ2) is 7.83. The summed E-state index contributed by atoms with van der Waals surface area (Å²) in [6.45, 7) is 2.61. The summed E-state index contributed by atoms with van der Waals surface area (Å²) < 4.78 is 39.3. The number of nitriles is 1. The summed E-state index contributed by atoms with van der Waals surface area (Å²) in [5, 5.41) is 8.83. The Kier molecular flexibility index (Phi) is 5.52.